The molecule has 3 aromatic rings. The van der Waals surface area contributed by atoms with Crippen molar-refractivity contribution in [3.63, 3.8) is 0 Å². The van der Waals surface area contributed by atoms with E-state index in [2.05, 4.69) is 25.6 Å². The number of imidazole rings is 1. The molecule has 1 saturated carbocycles. The molecule has 0 unspecified atom stereocenters. The smallest absolute Gasteiger partial charge is 0.391 e. The number of hydrogen-bond acceptors (Lipinski definition) is 7. The van der Waals surface area contributed by atoms with Crippen LogP contribution in [-0.2, 0) is 11.3 Å². The van der Waals surface area contributed by atoms with Crippen molar-refractivity contribution in [2.24, 2.45) is 17.1 Å². The summed E-state index contributed by atoms with van der Waals surface area (Å²) in [6.07, 6.45) is -3.52. The number of aliphatic hydroxyl groups excluding tert-OH is 1. The Kier molecular flexibility index (Phi) is 12.2. The van der Waals surface area contributed by atoms with E-state index in [4.69, 9.17) is 33.7 Å². The fraction of sp³-hybridized carbons (Fsp3) is 0.500. The summed E-state index contributed by atoms with van der Waals surface area (Å²) in [6.45, 7) is 1.97. The first kappa shape index (κ1) is 36.0. The number of nitrogens with zero attached hydrogens (tertiary/aromatic N) is 2. The molecule has 0 spiro atoms. The maximum atomic E-state index is 12.5. The van der Waals surface area contributed by atoms with Crippen LogP contribution in [0.15, 0.2) is 18.2 Å². The van der Waals surface area contributed by atoms with Crippen LogP contribution in [-0.4, -0.2) is 57.7 Å². The zero-order chi connectivity index (χ0) is 33.5. The van der Waals surface area contributed by atoms with Crippen LogP contribution in [0.5, 0.6) is 5.88 Å². The second kappa shape index (κ2) is 15.2. The van der Waals surface area contributed by atoms with Crippen molar-refractivity contribution >= 4 is 57.8 Å². The van der Waals surface area contributed by atoms with Crippen LogP contribution in [0.25, 0.3) is 11.2 Å². The van der Waals surface area contributed by atoms with Gasteiger partial charge in [-0.3, -0.25) is 9.59 Å². The number of H-pyrrole nitrogens is 1. The molecular formula is C28H33Cl2F5N6O4. The van der Waals surface area contributed by atoms with Gasteiger partial charge in [0.2, 0.25) is 17.7 Å². The van der Waals surface area contributed by atoms with E-state index in [-0.39, 0.29) is 63.3 Å². The molecule has 45 heavy (non-hydrogen) atoms. The van der Waals surface area contributed by atoms with Gasteiger partial charge in [0.1, 0.15) is 5.56 Å². The number of pyridine rings is 1. The summed E-state index contributed by atoms with van der Waals surface area (Å²) in [5, 5.41) is 15.4. The fourth-order valence-corrected chi connectivity index (χ4v) is 4.83. The number of carbonyl (C=O) groups excluding carboxylic acids is 2. The zero-order valence-corrected chi connectivity index (χ0v) is 25.8. The van der Waals surface area contributed by atoms with E-state index >= 15 is 0 Å². The Morgan fingerprint density at radius 1 is 1.16 bits per heavy atom. The molecule has 17 heteroatoms. The monoisotopic (exact) mass is 682 g/mol. The number of alkyl halides is 5. The zero-order valence-electron chi connectivity index (χ0n) is 24.3. The van der Waals surface area contributed by atoms with E-state index in [1.807, 2.05) is 0 Å². The van der Waals surface area contributed by atoms with Gasteiger partial charge in [0.05, 0.1) is 39.2 Å². The summed E-state index contributed by atoms with van der Waals surface area (Å²) < 4.78 is 65.8. The number of nitrogens with one attached hydrogen (secondary N) is 3. The van der Waals surface area contributed by atoms with Crippen LogP contribution in [0.4, 0.5) is 33.6 Å². The molecule has 2 amide bonds. The first-order valence-corrected chi connectivity index (χ1v) is 14.6. The number of halogens is 7. The third kappa shape index (κ3) is 9.78. The highest BCUT2D eigenvalue weighted by Gasteiger charge is 2.39. The molecular weight excluding hydrogens is 650 g/mol. The molecule has 1 aromatic carbocycles. The number of benzene rings is 1. The number of primary amides is 1. The van der Waals surface area contributed by atoms with Crippen LogP contribution in [0.3, 0.4) is 0 Å². The van der Waals surface area contributed by atoms with E-state index in [1.165, 1.54) is 6.07 Å². The largest absolute Gasteiger partial charge is 0.471 e. The molecule has 248 valence electrons. The number of rotatable bonds is 10. The van der Waals surface area contributed by atoms with E-state index in [9.17, 15) is 36.6 Å². The van der Waals surface area contributed by atoms with Crippen molar-refractivity contribution in [1.29, 1.82) is 0 Å². The normalized spacial score (nSPS) is 14.2. The van der Waals surface area contributed by atoms with Gasteiger partial charge in [-0.1, -0.05) is 48.5 Å². The van der Waals surface area contributed by atoms with Crippen molar-refractivity contribution in [3.05, 3.63) is 39.4 Å². The minimum absolute atomic E-state index is 0.0589. The molecule has 1 fully saturated rings. The van der Waals surface area contributed by atoms with Crippen LogP contribution in [0.2, 0.25) is 10.0 Å². The summed E-state index contributed by atoms with van der Waals surface area (Å²) in [5.41, 5.74) is 5.27. The van der Waals surface area contributed by atoms with E-state index in [1.54, 1.807) is 26.0 Å². The number of aromatic amines is 1. The van der Waals surface area contributed by atoms with Gasteiger partial charge in [0.15, 0.2) is 12.3 Å². The van der Waals surface area contributed by atoms with Crippen LogP contribution < -0.4 is 21.1 Å². The molecule has 0 atom stereocenters. The minimum Gasteiger partial charge on any atom is -0.471 e. The summed E-state index contributed by atoms with van der Waals surface area (Å²) in [4.78, 5) is 35.0. The number of anilines is 2. The average molecular weight is 684 g/mol. The highest BCUT2D eigenvalue weighted by Crippen LogP contribution is 2.37. The minimum atomic E-state index is -3.93. The lowest BCUT2D eigenvalue weighted by Gasteiger charge is -2.23. The maximum Gasteiger partial charge on any atom is 0.391 e. The van der Waals surface area contributed by atoms with Crippen molar-refractivity contribution < 1.29 is 41.4 Å². The quantitative estimate of drug-likeness (QED) is 0.153. The van der Waals surface area contributed by atoms with Gasteiger partial charge in [-0.2, -0.15) is 23.1 Å². The number of nitrogens with two attached hydrogens (primary N) is 1. The molecule has 0 bridgehead atoms. The SMILES string of the molecule is CC(C)(CO)C(=O)NCc1ccc(Cl)c(Nc2nc3nc(OCC(F)F)c(C(N)=O)cc3[nH]2)c1Cl.FC(F)(F)C1CCCCC1. The Morgan fingerprint density at radius 3 is 2.38 bits per heavy atom. The third-order valence-corrected chi connectivity index (χ3v) is 7.73. The number of carbonyl (C=O) groups is 2. The molecule has 4 rings (SSSR count). The molecule has 1 aliphatic carbocycles. The van der Waals surface area contributed by atoms with Gasteiger partial charge in [-0.15, -0.1) is 0 Å². The fourth-order valence-electron chi connectivity index (χ4n) is 4.30. The highest BCUT2D eigenvalue weighted by molar-refractivity contribution is 6.39. The van der Waals surface area contributed by atoms with Crippen LogP contribution >= 0.6 is 23.2 Å². The number of ether oxygens (including phenoxy) is 1. The Labute approximate surface area is 265 Å². The highest BCUT2D eigenvalue weighted by atomic mass is 35.5. The number of aromatic nitrogens is 3. The number of amides is 2. The van der Waals surface area contributed by atoms with Gasteiger partial charge >= 0.3 is 6.18 Å². The molecule has 10 nitrogen and oxygen atoms in total. The number of hydrogen-bond donors (Lipinski definition) is 5. The lowest BCUT2D eigenvalue weighted by atomic mass is 9.89. The van der Waals surface area contributed by atoms with Crippen molar-refractivity contribution in [2.75, 3.05) is 18.5 Å². The maximum absolute atomic E-state index is 12.5. The van der Waals surface area contributed by atoms with E-state index in [0.29, 0.717) is 18.4 Å². The topological polar surface area (TPSA) is 155 Å². The molecule has 2 heterocycles. The van der Waals surface area contributed by atoms with Crippen molar-refractivity contribution in [1.82, 2.24) is 20.3 Å². The molecule has 0 aliphatic heterocycles. The Hall–Kier alpha value is -3.43. The Bertz CT molecular complexity index is 1500. The molecule has 0 radical (unpaired) electrons. The van der Waals surface area contributed by atoms with Crippen LogP contribution in [0.1, 0.15) is 61.9 Å². The van der Waals surface area contributed by atoms with Gasteiger partial charge in [-0.05, 0) is 44.4 Å². The molecule has 0 saturated heterocycles. The number of aliphatic hydroxyl groups is 1. The lowest BCUT2D eigenvalue weighted by molar-refractivity contribution is -0.181. The predicted molar refractivity (Wildman–Crippen MR) is 159 cm³/mol. The van der Waals surface area contributed by atoms with Crippen molar-refractivity contribution in [3.8, 4) is 5.88 Å². The summed E-state index contributed by atoms with van der Waals surface area (Å²) in [7, 11) is 0. The standard InChI is InChI=1S/C21H22Cl2F2N6O4.C7H11F3/c1-21(2,8-32)19(34)27-6-9-3-4-11(22)15(14(9)23)29-20-28-12-5-10(16(26)33)18(30-17(12)31-20)35-7-13(24)25;8-7(9,10)6-4-2-1-3-5-6/h3-5,13,32H,6-8H2,1-2H3,(H2,26,33)(H,27,34)(H2,28,29,30,31);6H,1-5H2. The van der Waals surface area contributed by atoms with Gasteiger partial charge in [0.25, 0.3) is 12.3 Å². The van der Waals surface area contributed by atoms with E-state index in [0.717, 1.165) is 19.3 Å². The first-order valence-electron chi connectivity index (χ1n) is 13.8. The van der Waals surface area contributed by atoms with Crippen LogP contribution in [0, 0.1) is 11.3 Å². The lowest BCUT2D eigenvalue weighted by Crippen LogP contribution is -2.38. The van der Waals surface area contributed by atoms with Gasteiger partial charge in [-0.25, -0.2) is 8.78 Å². The third-order valence-electron chi connectivity index (χ3n) is 6.98. The second-order valence-electron chi connectivity index (χ2n) is 11.0. The number of fused-ring (bicyclic) bond motifs is 1. The summed E-state index contributed by atoms with van der Waals surface area (Å²) in [6, 6.07) is 4.48. The first-order chi connectivity index (χ1) is 21.0. The predicted octanol–water partition coefficient (Wildman–Crippen LogP) is 6.51. The van der Waals surface area contributed by atoms with Gasteiger partial charge < -0.3 is 31.2 Å². The van der Waals surface area contributed by atoms with E-state index < -0.39 is 36.4 Å². The molecule has 1 aliphatic rings. The molecule has 6 N–H and O–H groups in total. The Balaban J connectivity index is 0.000000468. The average Bonchev–Trinajstić information content (AvgIpc) is 3.38. The van der Waals surface area contributed by atoms with Crippen molar-refractivity contribution in [2.45, 2.75) is 65.1 Å². The summed E-state index contributed by atoms with van der Waals surface area (Å²) in [5.74, 6) is -2.53. The second-order valence-corrected chi connectivity index (χ2v) is 11.8. The molecule has 2 aromatic heterocycles. The van der Waals surface area contributed by atoms with Gasteiger partial charge in [0, 0.05) is 6.54 Å². The summed E-state index contributed by atoms with van der Waals surface area (Å²) >= 11 is 12.8. The Morgan fingerprint density at radius 2 is 1.82 bits per heavy atom.